The molecule has 0 unspecified atom stereocenters. The number of aromatic nitrogens is 2. The zero-order valence-electron chi connectivity index (χ0n) is 17.0. The number of amides is 3. The molecule has 0 atom stereocenters. The van der Waals surface area contributed by atoms with Crippen molar-refractivity contribution in [2.45, 2.75) is 20.4 Å². The van der Waals surface area contributed by atoms with Crippen molar-refractivity contribution >= 4 is 34.4 Å². The Morgan fingerprint density at radius 3 is 2.60 bits per heavy atom. The van der Waals surface area contributed by atoms with E-state index >= 15 is 0 Å². The number of carbonyl (C=O) groups is 2. The summed E-state index contributed by atoms with van der Waals surface area (Å²) in [6.45, 7) is 6.99. The largest absolute Gasteiger partial charge is 0.439 e. The zero-order valence-corrected chi connectivity index (χ0v) is 17.0. The molecule has 0 saturated carbocycles. The zero-order chi connectivity index (χ0) is 21.1. The van der Waals surface area contributed by atoms with Crippen molar-refractivity contribution in [3.05, 3.63) is 48.1 Å². The van der Waals surface area contributed by atoms with Gasteiger partial charge in [-0.1, -0.05) is 6.07 Å². The van der Waals surface area contributed by atoms with Crippen molar-refractivity contribution in [1.82, 2.24) is 19.8 Å². The lowest BCUT2D eigenvalue weighted by molar-refractivity contribution is -0.130. The maximum Gasteiger partial charge on any atom is 0.323 e. The van der Waals surface area contributed by atoms with Crippen LogP contribution in [0.3, 0.4) is 0 Å². The van der Waals surface area contributed by atoms with Crippen LogP contribution in [-0.2, 0) is 11.3 Å². The van der Waals surface area contributed by atoms with Gasteiger partial charge in [0.2, 0.25) is 11.8 Å². The fraction of sp³-hybridized carbons (Fsp3) is 0.333. The number of nitrogens with one attached hydrogen (secondary N) is 2. The third-order valence-electron chi connectivity index (χ3n) is 5.06. The van der Waals surface area contributed by atoms with E-state index in [2.05, 4.69) is 25.5 Å². The summed E-state index contributed by atoms with van der Waals surface area (Å²) in [4.78, 5) is 36.6. The topological polar surface area (TPSA) is 104 Å². The summed E-state index contributed by atoms with van der Waals surface area (Å²) in [5.41, 5.74) is 3.27. The number of aryl methyl sites for hydroxylation is 1. The smallest absolute Gasteiger partial charge is 0.323 e. The fourth-order valence-corrected chi connectivity index (χ4v) is 3.40. The third-order valence-corrected chi connectivity index (χ3v) is 5.06. The number of benzene rings is 1. The van der Waals surface area contributed by atoms with Crippen LogP contribution < -0.4 is 10.6 Å². The van der Waals surface area contributed by atoms with E-state index in [1.165, 1.54) is 0 Å². The summed E-state index contributed by atoms with van der Waals surface area (Å²) >= 11 is 0. The first-order valence-electron chi connectivity index (χ1n) is 9.85. The molecule has 4 rings (SSSR count). The van der Waals surface area contributed by atoms with Gasteiger partial charge >= 0.3 is 6.03 Å². The molecule has 1 fully saturated rings. The monoisotopic (exact) mass is 408 g/mol. The predicted molar refractivity (Wildman–Crippen MR) is 113 cm³/mol. The Morgan fingerprint density at radius 1 is 1.10 bits per heavy atom. The van der Waals surface area contributed by atoms with Gasteiger partial charge in [0.25, 0.3) is 0 Å². The van der Waals surface area contributed by atoms with E-state index in [0.29, 0.717) is 48.0 Å². The van der Waals surface area contributed by atoms with Crippen LogP contribution in [0.5, 0.6) is 0 Å². The number of anilines is 2. The van der Waals surface area contributed by atoms with E-state index < -0.39 is 0 Å². The van der Waals surface area contributed by atoms with Gasteiger partial charge in [-0.05, 0) is 31.2 Å². The van der Waals surface area contributed by atoms with Crippen molar-refractivity contribution in [1.29, 1.82) is 0 Å². The van der Waals surface area contributed by atoms with Crippen molar-refractivity contribution < 1.29 is 14.0 Å². The average Bonchev–Trinajstić information content (AvgIpc) is 3.13. The number of pyridine rings is 1. The molecule has 2 aromatic heterocycles. The van der Waals surface area contributed by atoms with Crippen LogP contribution in [0.2, 0.25) is 0 Å². The van der Waals surface area contributed by atoms with E-state index in [1.54, 1.807) is 25.3 Å². The number of fused-ring (bicyclic) bond motifs is 1. The molecule has 0 bridgehead atoms. The molecule has 156 valence electrons. The number of hydrogen-bond donors (Lipinski definition) is 2. The highest BCUT2D eigenvalue weighted by atomic mass is 16.3. The van der Waals surface area contributed by atoms with E-state index in [1.807, 2.05) is 30.0 Å². The highest BCUT2D eigenvalue weighted by molar-refractivity contribution is 6.04. The van der Waals surface area contributed by atoms with Gasteiger partial charge < -0.3 is 20.0 Å². The Labute approximate surface area is 174 Å². The number of rotatable bonds is 4. The normalized spacial score (nSPS) is 14.7. The molecular weight excluding hydrogens is 384 g/mol. The number of oxazole rings is 1. The van der Waals surface area contributed by atoms with E-state index in [9.17, 15) is 9.59 Å². The molecule has 3 amide bonds. The van der Waals surface area contributed by atoms with Gasteiger partial charge in [0.05, 0.1) is 24.1 Å². The quantitative estimate of drug-likeness (QED) is 0.688. The van der Waals surface area contributed by atoms with Crippen LogP contribution in [0.1, 0.15) is 18.5 Å². The second-order valence-electron chi connectivity index (χ2n) is 7.31. The average molecular weight is 408 g/mol. The summed E-state index contributed by atoms with van der Waals surface area (Å²) in [7, 11) is 0. The lowest BCUT2D eigenvalue weighted by Gasteiger charge is -2.33. The number of hydrogen-bond acceptors (Lipinski definition) is 6. The van der Waals surface area contributed by atoms with Crippen LogP contribution in [0, 0.1) is 6.92 Å². The molecule has 1 aromatic carbocycles. The number of para-hydroxylation sites is 1. The molecule has 0 spiro atoms. The summed E-state index contributed by atoms with van der Waals surface area (Å²) in [5.74, 6) is 0.686. The molecule has 1 aliphatic rings. The maximum absolute atomic E-state index is 12.4. The van der Waals surface area contributed by atoms with Crippen molar-refractivity contribution in [2.75, 3.05) is 36.8 Å². The SMILES string of the molecule is CC(=O)N1CCN(Cc2nc3c(NC(=O)Nc4ccc(C)nc4)cccc3o2)CC1. The molecular formula is C21H24N6O3. The van der Waals surface area contributed by atoms with Gasteiger partial charge in [-0.25, -0.2) is 9.78 Å². The van der Waals surface area contributed by atoms with Gasteiger partial charge in [-0.2, -0.15) is 0 Å². The van der Waals surface area contributed by atoms with Crippen LogP contribution in [0.4, 0.5) is 16.2 Å². The lowest BCUT2D eigenvalue weighted by Crippen LogP contribution is -2.47. The van der Waals surface area contributed by atoms with Crippen molar-refractivity contribution in [2.24, 2.45) is 0 Å². The molecule has 0 radical (unpaired) electrons. The standard InChI is InChI=1S/C21H24N6O3/c1-14-6-7-16(12-22-14)23-21(29)24-17-4-3-5-18-20(17)25-19(30-18)13-26-8-10-27(11-9-26)15(2)28/h3-7,12H,8-11,13H2,1-2H3,(H2,23,24,29). The summed E-state index contributed by atoms with van der Waals surface area (Å²) in [5, 5.41) is 5.58. The Morgan fingerprint density at radius 2 is 1.90 bits per heavy atom. The van der Waals surface area contributed by atoms with Crippen LogP contribution >= 0.6 is 0 Å². The van der Waals surface area contributed by atoms with Gasteiger partial charge in [-0.15, -0.1) is 0 Å². The predicted octanol–water partition coefficient (Wildman–Crippen LogP) is 2.84. The number of urea groups is 1. The molecule has 0 aliphatic carbocycles. The number of nitrogens with zero attached hydrogens (tertiary/aromatic N) is 4. The van der Waals surface area contributed by atoms with Gasteiger partial charge in [0, 0.05) is 38.8 Å². The Bertz CT molecular complexity index is 1050. The minimum atomic E-state index is -0.377. The third kappa shape index (κ3) is 4.57. The summed E-state index contributed by atoms with van der Waals surface area (Å²) < 4.78 is 5.88. The highest BCUT2D eigenvalue weighted by Crippen LogP contribution is 2.25. The second-order valence-corrected chi connectivity index (χ2v) is 7.31. The minimum Gasteiger partial charge on any atom is -0.439 e. The Kier molecular flexibility index (Phi) is 5.62. The van der Waals surface area contributed by atoms with Crippen molar-refractivity contribution in [3.63, 3.8) is 0 Å². The van der Waals surface area contributed by atoms with Crippen LogP contribution in [0.25, 0.3) is 11.1 Å². The maximum atomic E-state index is 12.4. The summed E-state index contributed by atoms with van der Waals surface area (Å²) in [6.07, 6.45) is 1.61. The molecule has 9 nitrogen and oxygen atoms in total. The first-order chi connectivity index (χ1) is 14.5. The molecule has 3 aromatic rings. The number of piperazine rings is 1. The van der Waals surface area contributed by atoms with Gasteiger partial charge in [-0.3, -0.25) is 14.7 Å². The second kappa shape index (κ2) is 8.50. The fourth-order valence-electron chi connectivity index (χ4n) is 3.40. The Hall–Kier alpha value is -3.46. The molecule has 2 N–H and O–H groups in total. The summed E-state index contributed by atoms with van der Waals surface area (Å²) in [6, 6.07) is 8.67. The Balaban J connectivity index is 1.42. The molecule has 30 heavy (non-hydrogen) atoms. The van der Waals surface area contributed by atoms with Crippen LogP contribution in [-0.4, -0.2) is 57.9 Å². The molecule has 3 heterocycles. The molecule has 1 saturated heterocycles. The molecule has 9 heteroatoms. The van der Waals surface area contributed by atoms with Gasteiger partial charge in [0.1, 0.15) is 5.52 Å². The number of carbonyl (C=O) groups excluding carboxylic acids is 2. The first-order valence-corrected chi connectivity index (χ1v) is 9.85. The van der Waals surface area contributed by atoms with E-state index in [4.69, 9.17) is 4.42 Å². The van der Waals surface area contributed by atoms with Crippen LogP contribution in [0.15, 0.2) is 40.9 Å². The van der Waals surface area contributed by atoms with E-state index in [0.717, 1.165) is 18.8 Å². The lowest BCUT2D eigenvalue weighted by atomic mass is 10.3. The minimum absolute atomic E-state index is 0.104. The first kappa shape index (κ1) is 19.8. The van der Waals surface area contributed by atoms with Gasteiger partial charge in [0.15, 0.2) is 5.58 Å². The van der Waals surface area contributed by atoms with Crippen molar-refractivity contribution in [3.8, 4) is 0 Å². The molecule has 1 aliphatic heterocycles. The van der Waals surface area contributed by atoms with E-state index in [-0.39, 0.29) is 11.9 Å². The highest BCUT2D eigenvalue weighted by Gasteiger charge is 2.21.